The van der Waals surface area contributed by atoms with Crippen molar-refractivity contribution in [3.63, 3.8) is 0 Å². The fourth-order valence-corrected chi connectivity index (χ4v) is 2.72. The van der Waals surface area contributed by atoms with Gasteiger partial charge in [0.05, 0.1) is 11.0 Å². The highest BCUT2D eigenvalue weighted by Gasteiger charge is 2.30. The molecule has 6 heteroatoms. The van der Waals surface area contributed by atoms with Crippen LogP contribution in [-0.2, 0) is 6.54 Å². The Morgan fingerprint density at radius 1 is 1.40 bits per heavy atom. The number of nitro benzene ring substituents is 1. The molecule has 1 saturated heterocycles. The summed E-state index contributed by atoms with van der Waals surface area (Å²) in [4.78, 5) is 14.6. The van der Waals surface area contributed by atoms with E-state index in [1.165, 1.54) is 12.1 Å². The van der Waals surface area contributed by atoms with Crippen LogP contribution in [0.1, 0.15) is 12.0 Å². The van der Waals surface area contributed by atoms with Gasteiger partial charge in [-0.15, -0.1) is 0 Å². The molecule has 2 unspecified atom stereocenters. The van der Waals surface area contributed by atoms with Crippen LogP contribution in [0, 0.1) is 10.1 Å². The minimum atomic E-state index is -0.391. The summed E-state index contributed by atoms with van der Waals surface area (Å²) in [6, 6.07) is 6.96. The van der Waals surface area contributed by atoms with Gasteiger partial charge in [0.15, 0.2) is 0 Å². The Morgan fingerprint density at radius 2 is 2.05 bits per heavy atom. The lowest BCUT2D eigenvalue weighted by Crippen LogP contribution is -2.37. The van der Waals surface area contributed by atoms with Gasteiger partial charge in [-0.1, -0.05) is 12.1 Å². The van der Waals surface area contributed by atoms with Gasteiger partial charge in [0.1, 0.15) is 0 Å². The number of aliphatic hydroxyl groups is 1. The second-order valence-corrected chi connectivity index (χ2v) is 5.66. The standard InChI is InChI=1S/C14H21N3O3/c1-15(2)9-13-7-14(18)10-16(13)8-11-3-5-12(6-4-11)17(19)20/h3-6,13-14,18H,7-10H2,1-2H3. The summed E-state index contributed by atoms with van der Waals surface area (Å²) < 4.78 is 0. The second-order valence-electron chi connectivity index (χ2n) is 5.66. The van der Waals surface area contributed by atoms with E-state index in [1.54, 1.807) is 12.1 Å². The van der Waals surface area contributed by atoms with Crippen LogP contribution in [0.3, 0.4) is 0 Å². The Hall–Kier alpha value is -1.50. The lowest BCUT2D eigenvalue weighted by Gasteiger charge is -2.26. The molecule has 0 aromatic heterocycles. The molecule has 0 saturated carbocycles. The number of rotatable bonds is 5. The number of nitrogens with zero attached hydrogens (tertiary/aromatic N) is 3. The van der Waals surface area contributed by atoms with Crippen molar-refractivity contribution in [1.82, 2.24) is 9.80 Å². The molecule has 0 aliphatic carbocycles. The fraction of sp³-hybridized carbons (Fsp3) is 0.571. The Bertz CT molecular complexity index is 461. The summed E-state index contributed by atoms with van der Waals surface area (Å²) in [7, 11) is 4.05. The van der Waals surface area contributed by atoms with Gasteiger partial charge in [-0.3, -0.25) is 15.0 Å². The zero-order valence-electron chi connectivity index (χ0n) is 11.9. The van der Waals surface area contributed by atoms with Crippen LogP contribution >= 0.6 is 0 Å². The predicted octanol–water partition coefficient (Wildman–Crippen LogP) is 1.09. The van der Waals surface area contributed by atoms with Crippen molar-refractivity contribution >= 4 is 5.69 Å². The first kappa shape index (κ1) is 14.9. The maximum absolute atomic E-state index is 10.6. The van der Waals surface area contributed by atoms with Crippen LogP contribution in [0.2, 0.25) is 0 Å². The molecule has 0 bridgehead atoms. The van der Waals surface area contributed by atoms with Crippen LogP contribution in [0.15, 0.2) is 24.3 Å². The summed E-state index contributed by atoms with van der Waals surface area (Å²) in [6.07, 6.45) is 0.503. The summed E-state index contributed by atoms with van der Waals surface area (Å²) in [5.74, 6) is 0. The van der Waals surface area contributed by atoms with Crippen LogP contribution in [0.5, 0.6) is 0 Å². The monoisotopic (exact) mass is 279 g/mol. The van der Waals surface area contributed by atoms with Gasteiger partial charge in [-0.05, 0) is 26.1 Å². The van der Waals surface area contributed by atoms with Crippen molar-refractivity contribution in [2.75, 3.05) is 27.2 Å². The third-order valence-corrected chi connectivity index (χ3v) is 3.61. The summed E-state index contributed by atoms with van der Waals surface area (Å²) in [5.41, 5.74) is 1.15. The molecule has 1 fully saturated rings. The number of likely N-dealkylation sites (N-methyl/N-ethyl adjacent to an activating group) is 1. The van der Waals surface area contributed by atoms with E-state index in [0.717, 1.165) is 18.5 Å². The molecule has 0 radical (unpaired) electrons. The largest absolute Gasteiger partial charge is 0.392 e. The number of benzene rings is 1. The van der Waals surface area contributed by atoms with Crippen molar-refractivity contribution < 1.29 is 10.0 Å². The molecule has 0 amide bonds. The van der Waals surface area contributed by atoms with E-state index in [1.807, 2.05) is 14.1 Å². The zero-order chi connectivity index (χ0) is 14.7. The van der Waals surface area contributed by atoms with Gasteiger partial charge >= 0.3 is 0 Å². The molecule has 1 aromatic carbocycles. The van der Waals surface area contributed by atoms with E-state index in [4.69, 9.17) is 0 Å². The molecule has 6 nitrogen and oxygen atoms in total. The highest BCUT2D eigenvalue weighted by molar-refractivity contribution is 5.32. The maximum atomic E-state index is 10.6. The second kappa shape index (κ2) is 6.30. The van der Waals surface area contributed by atoms with E-state index in [-0.39, 0.29) is 11.8 Å². The number of nitro groups is 1. The van der Waals surface area contributed by atoms with Gasteiger partial charge in [-0.2, -0.15) is 0 Å². The SMILES string of the molecule is CN(C)CC1CC(O)CN1Cc1ccc([N+](=O)[O-])cc1. The normalized spacial score (nSPS) is 23.4. The number of aliphatic hydroxyl groups excluding tert-OH is 1. The molecule has 2 rings (SSSR count). The summed E-state index contributed by atoms with van der Waals surface area (Å²) in [5, 5.41) is 20.5. The first-order valence-electron chi connectivity index (χ1n) is 6.76. The van der Waals surface area contributed by atoms with E-state index in [0.29, 0.717) is 19.1 Å². The highest BCUT2D eigenvalue weighted by Crippen LogP contribution is 2.22. The quantitative estimate of drug-likeness (QED) is 0.645. The molecule has 20 heavy (non-hydrogen) atoms. The minimum Gasteiger partial charge on any atom is -0.392 e. The molecule has 2 atom stereocenters. The van der Waals surface area contributed by atoms with E-state index < -0.39 is 4.92 Å². The molecule has 1 aromatic rings. The van der Waals surface area contributed by atoms with Crippen molar-refractivity contribution in [3.05, 3.63) is 39.9 Å². The summed E-state index contributed by atoms with van der Waals surface area (Å²) >= 11 is 0. The summed E-state index contributed by atoms with van der Waals surface area (Å²) in [6.45, 7) is 2.28. The molecule has 1 aliphatic heterocycles. The van der Waals surface area contributed by atoms with Crippen LogP contribution in [-0.4, -0.2) is 59.2 Å². The van der Waals surface area contributed by atoms with Gasteiger partial charge in [0.25, 0.3) is 5.69 Å². The smallest absolute Gasteiger partial charge is 0.269 e. The predicted molar refractivity (Wildman–Crippen MR) is 76.5 cm³/mol. The van der Waals surface area contributed by atoms with Crippen molar-refractivity contribution in [2.24, 2.45) is 0 Å². The molecule has 1 N–H and O–H groups in total. The van der Waals surface area contributed by atoms with Gasteiger partial charge in [0, 0.05) is 37.8 Å². The Labute approximate surface area is 118 Å². The Kier molecular flexibility index (Phi) is 4.69. The Balaban J connectivity index is 2.02. The lowest BCUT2D eigenvalue weighted by molar-refractivity contribution is -0.384. The third-order valence-electron chi connectivity index (χ3n) is 3.61. The first-order valence-corrected chi connectivity index (χ1v) is 6.76. The maximum Gasteiger partial charge on any atom is 0.269 e. The number of hydrogen-bond acceptors (Lipinski definition) is 5. The van der Waals surface area contributed by atoms with Crippen molar-refractivity contribution in [1.29, 1.82) is 0 Å². The van der Waals surface area contributed by atoms with Gasteiger partial charge in [0.2, 0.25) is 0 Å². The molecule has 1 heterocycles. The topological polar surface area (TPSA) is 69.8 Å². The first-order chi connectivity index (χ1) is 9.45. The highest BCUT2D eigenvalue weighted by atomic mass is 16.6. The van der Waals surface area contributed by atoms with Crippen LogP contribution in [0.4, 0.5) is 5.69 Å². The molecular weight excluding hydrogens is 258 g/mol. The van der Waals surface area contributed by atoms with E-state index >= 15 is 0 Å². The molecular formula is C14H21N3O3. The van der Waals surface area contributed by atoms with E-state index in [2.05, 4.69) is 9.80 Å². The van der Waals surface area contributed by atoms with Crippen molar-refractivity contribution in [3.8, 4) is 0 Å². The third kappa shape index (κ3) is 3.75. The average Bonchev–Trinajstić information content (AvgIpc) is 2.69. The molecule has 110 valence electrons. The number of non-ortho nitro benzene ring substituents is 1. The number of β-amino-alcohol motifs (C(OH)–C–C–N with tert-alkyl or cyclic N) is 1. The molecule has 1 aliphatic rings. The molecule has 0 spiro atoms. The van der Waals surface area contributed by atoms with Crippen LogP contribution < -0.4 is 0 Å². The van der Waals surface area contributed by atoms with Gasteiger partial charge in [-0.25, -0.2) is 0 Å². The van der Waals surface area contributed by atoms with E-state index in [9.17, 15) is 15.2 Å². The van der Waals surface area contributed by atoms with Crippen molar-refractivity contribution in [2.45, 2.75) is 25.1 Å². The fourth-order valence-electron chi connectivity index (χ4n) is 2.72. The number of likely N-dealkylation sites (tertiary alicyclic amines) is 1. The zero-order valence-corrected chi connectivity index (χ0v) is 11.9. The Morgan fingerprint density at radius 3 is 2.60 bits per heavy atom. The lowest BCUT2D eigenvalue weighted by atomic mass is 10.1. The number of hydrogen-bond donors (Lipinski definition) is 1. The van der Waals surface area contributed by atoms with Crippen LogP contribution in [0.25, 0.3) is 0 Å². The van der Waals surface area contributed by atoms with Gasteiger partial charge < -0.3 is 10.0 Å². The minimum absolute atomic E-state index is 0.111. The average molecular weight is 279 g/mol.